The lowest BCUT2D eigenvalue weighted by atomic mass is 10.2. The van der Waals surface area contributed by atoms with Gasteiger partial charge in [0.1, 0.15) is 0 Å². The molecule has 0 aliphatic heterocycles. The summed E-state index contributed by atoms with van der Waals surface area (Å²) in [5, 5.41) is 10.00. The van der Waals surface area contributed by atoms with E-state index < -0.39 is 6.10 Å². The number of hydrogen-bond acceptors (Lipinski definition) is 4. The lowest BCUT2D eigenvalue weighted by Crippen LogP contribution is -2.34. The Labute approximate surface area is 122 Å². The summed E-state index contributed by atoms with van der Waals surface area (Å²) in [6.45, 7) is 9.66. The first kappa shape index (κ1) is 17.1. The van der Waals surface area contributed by atoms with Crippen LogP contribution in [0.15, 0.2) is 18.2 Å². The van der Waals surface area contributed by atoms with E-state index in [1.165, 1.54) is 0 Å². The number of unbranched alkanes of at least 4 members (excludes halogenated alkanes) is 1. The van der Waals surface area contributed by atoms with Crippen LogP contribution in [0.3, 0.4) is 0 Å². The zero-order valence-corrected chi connectivity index (χ0v) is 13.0. The van der Waals surface area contributed by atoms with Gasteiger partial charge in [0, 0.05) is 25.4 Å². The molecule has 0 bridgehead atoms. The van der Waals surface area contributed by atoms with Crippen molar-refractivity contribution < 1.29 is 9.84 Å². The summed E-state index contributed by atoms with van der Waals surface area (Å²) in [4.78, 5) is 6.69. The van der Waals surface area contributed by atoms with E-state index in [9.17, 15) is 5.11 Å². The second kappa shape index (κ2) is 9.86. The van der Waals surface area contributed by atoms with E-state index in [-0.39, 0.29) is 0 Å². The quantitative estimate of drug-likeness (QED) is 0.668. The molecule has 1 aromatic rings. The third-order valence-electron chi connectivity index (χ3n) is 3.20. The molecule has 1 atom stereocenters. The number of nitrogens with zero attached hydrogens (tertiary/aromatic N) is 2. The third-order valence-corrected chi connectivity index (χ3v) is 3.20. The van der Waals surface area contributed by atoms with Crippen molar-refractivity contribution in [3.05, 3.63) is 29.6 Å². The smallest absolute Gasteiger partial charge is 0.0900 e. The molecule has 0 amide bonds. The van der Waals surface area contributed by atoms with Crippen LogP contribution in [0.25, 0.3) is 0 Å². The number of pyridine rings is 1. The minimum absolute atomic E-state index is 0.414. The first-order chi connectivity index (χ1) is 9.65. The molecular formula is C16H28N2O2. The fourth-order valence-electron chi connectivity index (χ4n) is 2.04. The molecule has 114 valence electrons. The van der Waals surface area contributed by atoms with Crippen LogP contribution >= 0.6 is 0 Å². The summed E-state index contributed by atoms with van der Waals surface area (Å²) in [5.41, 5.74) is 2.08. The number of aryl methyl sites for hydroxylation is 1. The Kier molecular flexibility index (Phi) is 8.42. The van der Waals surface area contributed by atoms with Crippen molar-refractivity contribution >= 4 is 0 Å². The van der Waals surface area contributed by atoms with Crippen LogP contribution in [0.5, 0.6) is 0 Å². The molecule has 0 spiro atoms. The van der Waals surface area contributed by atoms with Crippen molar-refractivity contribution in [2.24, 2.45) is 0 Å². The van der Waals surface area contributed by atoms with Gasteiger partial charge in [0.05, 0.1) is 18.4 Å². The third kappa shape index (κ3) is 6.98. The summed E-state index contributed by atoms with van der Waals surface area (Å²) < 4.78 is 5.46. The van der Waals surface area contributed by atoms with E-state index in [1.807, 2.05) is 25.1 Å². The molecule has 0 fully saturated rings. The molecule has 1 aromatic heterocycles. The number of aliphatic hydroxyl groups excluding tert-OH is 1. The molecule has 0 radical (unpaired) electrons. The van der Waals surface area contributed by atoms with Crippen LogP contribution in [0.1, 0.15) is 38.1 Å². The molecule has 20 heavy (non-hydrogen) atoms. The van der Waals surface area contributed by atoms with Gasteiger partial charge in [-0.15, -0.1) is 0 Å². The maximum Gasteiger partial charge on any atom is 0.0900 e. The molecule has 0 saturated heterocycles. The number of likely N-dealkylation sites (N-methyl/N-ethyl adjacent to an activating group) is 1. The number of aromatic nitrogens is 1. The topological polar surface area (TPSA) is 45.6 Å². The Morgan fingerprint density at radius 1 is 1.35 bits per heavy atom. The minimum Gasteiger partial charge on any atom is -0.389 e. The SMILES string of the molecule is CCCCOCC(O)CN(CC)Cc1cccc(C)n1. The van der Waals surface area contributed by atoms with Gasteiger partial charge < -0.3 is 9.84 Å². The summed E-state index contributed by atoms with van der Waals surface area (Å²) in [6, 6.07) is 6.05. The van der Waals surface area contributed by atoms with Gasteiger partial charge in [-0.2, -0.15) is 0 Å². The molecule has 1 N–H and O–H groups in total. The fraction of sp³-hybridized carbons (Fsp3) is 0.688. The lowest BCUT2D eigenvalue weighted by Gasteiger charge is -2.23. The van der Waals surface area contributed by atoms with E-state index in [0.717, 1.165) is 43.9 Å². The second-order valence-electron chi connectivity index (χ2n) is 5.18. The van der Waals surface area contributed by atoms with Crippen LogP contribution in [-0.2, 0) is 11.3 Å². The van der Waals surface area contributed by atoms with Crippen molar-refractivity contribution in [2.75, 3.05) is 26.3 Å². The monoisotopic (exact) mass is 280 g/mol. The Balaban J connectivity index is 2.34. The van der Waals surface area contributed by atoms with Gasteiger partial charge in [0.2, 0.25) is 0 Å². The first-order valence-electron chi connectivity index (χ1n) is 7.56. The second-order valence-corrected chi connectivity index (χ2v) is 5.18. The maximum absolute atomic E-state index is 10.00. The number of aliphatic hydroxyl groups is 1. The molecule has 1 rings (SSSR count). The molecule has 4 nitrogen and oxygen atoms in total. The highest BCUT2D eigenvalue weighted by molar-refractivity contribution is 5.09. The van der Waals surface area contributed by atoms with E-state index >= 15 is 0 Å². The van der Waals surface area contributed by atoms with Crippen LogP contribution in [0.2, 0.25) is 0 Å². The number of hydrogen-bond donors (Lipinski definition) is 1. The van der Waals surface area contributed by atoms with E-state index in [0.29, 0.717) is 13.2 Å². The van der Waals surface area contributed by atoms with E-state index in [2.05, 4.69) is 23.7 Å². The Hall–Kier alpha value is -0.970. The van der Waals surface area contributed by atoms with Gasteiger partial charge >= 0.3 is 0 Å². The predicted octanol–water partition coefficient (Wildman–Crippen LogP) is 2.39. The summed E-state index contributed by atoms with van der Waals surface area (Å²) >= 11 is 0. The fourth-order valence-corrected chi connectivity index (χ4v) is 2.04. The van der Waals surface area contributed by atoms with E-state index in [1.54, 1.807) is 0 Å². The zero-order valence-electron chi connectivity index (χ0n) is 13.0. The van der Waals surface area contributed by atoms with Crippen LogP contribution in [0, 0.1) is 6.92 Å². The number of ether oxygens (including phenoxy) is 1. The Morgan fingerprint density at radius 2 is 2.15 bits per heavy atom. The largest absolute Gasteiger partial charge is 0.389 e. The molecule has 1 heterocycles. The minimum atomic E-state index is -0.434. The van der Waals surface area contributed by atoms with Crippen LogP contribution in [0.4, 0.5) is 0 Å². The Bertz CT molecular complexity index is 371. The van der Waals surface area contributed by atoms with Gasteiger partial charge in [-0.3, -0.25) is 9.88 Å². The molecule has 0 aliphatic rings. The maximum atomic E-state index is 10.00. The van der Waals surface area contributed by atoms with Crippen molar-refractivity contribution in [3.8, 4) is 0 Å². The average molecular weight is 280 g/mol. The molecular weight excluding hydrogens is 252 g/mol. The highest BCUT2D eigenvalue weighted by Crippen LogP contribution is 2.04. The highest BCUT2D eigenvalue weighted by atomic mass is 16.5. The Morgan fingerprint density at radius 3 is 2.80 bits per heavy atom. The van der Waals surface area contributed by atoms with Gasteiger partial charge in [-0.05, 0) is 32.0 Å². The standard InChI is InChI=1S/C16H28N2O2/c1-4-6-10-20-13-16(19)12-18(5-2)11-15-9-7-8-14(3)17-15/h7-9,16,19H,4-6,10-13H2,1-3H3. The molecule has 1 unspecified atom stereocenters. The van der Waals surface area contributed by atoms with Crippen molar-refractivity contribution in [2.45, 2.75) is 46.3 Å². The van der Waals surface area contributed by atoms with Gasteiger partial charge in [-0.25, -0.2) is 0 Å². The summed E-state index contributed by atoms with van der Waals surface area (Å²) in [5.74, 6) is 0. The molecule has 0 aliphatic carbocycles. The zero-order chi connectivity index (χ0) is 14.8. The molecule has 4 heteroatoms. The molecule has 0 aromatic carbocycles. The van der Waals surface area contributed by atoms with E-state index in [4.69, 9.17) is 4.74 Å². The van der Waals surface area contributed by atoms with Crippen molar-refractivity contribution in [1.82, 2.24) is 9.88 Å². The van der Waals surface area contributed by atoms with Gasteiger partial charge in [0.15, 0.2) is 0 Å². The summed E-state index contributed by atoms with van der Waals surface area (Å²) in [7, 11) is 0. The number of rotatable bonds is 10. The lowest BCUT2D eigenvalue weighted by molar-refractivity contribution is 0.0151. The van der Waals surface area contributed by atoms with Gasteiger partial charge in [-0.1, -0.05) is 26.3 Å². The molecule has 0 saturated carbocycles. The highest BCUT2D eigenvalue weighted by Gasteiger charge is 2.11. The van der Waals surface area contributed by atoms with Crippen LogP contribution in [-0.4, -0.2) is 47.4 Å². The van der Waals surface area contributed by atoms with Crippen LogP contribution < -0.4 is 0 Å². The predicted molar refractivity (Wildman–Crippen MR) is 81.7 cm³/mol. The van der Waals surface area contributed by atoms with Crippen molar-refractivity contribution in [1.29, 1.82) is 0 Å². The normalized spacial score (nSPS) is 12.8. The van der Waals surface area contributed by atoms with Gasteiger partial charge in [0.25, 0.3) is 0 Å². The summed E-state index contributed by atoms with van der Waals surface area (Å²) in [6.07, 6.45) is 1.74. The van der Waals surface area contributed by atoms with Crippen molar-refractivity contribution in [3.63, 3.8) is 0 Å². The first-order valence-corrected chi connectivity index (χ1v) is 7.56. The average Bonchev–Trinajstić information content (AvgIpc) is 2.43.